The Hall–Kier alpha value is -1.26. The number of rotatable bonds is 4. The van der Waals surface area contributed by atoms with Crippen LogP contribution < -0.4 is 0 Å². The van der Waals surface area contributed by atoms with E-state index in [0.29, 0.717) is 6.42 Å². The van der Waals surface area contributed by atoms with E-state index in [1.54, 1.807) is 0 Å². The summed E-state index contributed by atoms with van der Waals surface area (Å²) in [4.78, 5) is 25.7. The van der Waals surface area contributed by atoms with Crippen molar-refractivity contribution in [1.82, 2.24) is 0 Å². The number of aliphatic hydroxyl groups is 1. The highest BCUT2D eigenvalue weighted by molar-refractivity contribution is 5.84. The van der Waals surface area contributed by atoms with E-state index in [9.17, 15) is 14.7 Å². The summed E-state index contributed by atoms with van der Waals surface area (Å²) >= 11 is 0. The maximum absolute atomic E-state index is 13.2. The van der Waals surface area contributed by atoms with Gasteiger partial charge in [0.05, 0.1) is 11.8 Å². The molecule has 170 valence electrons. The van der Waals surface area contributed by atoms with E-state index >= 15 is 0 Å². The van der Waals surface area contributed by atoms with Gasteiger partial charge in [0.25, 0.3) is 0 Å². The van der Waals surface area contributed by atoms with Crippen molar-refractivity contribution in [2.45, 2.75) is 97.2 Å². The van der Waals surface area contributed by atoms with Crippen LogP contribution in [-0.4, -0.2) is 66.4 Å². The monoisotopic (exact) mass is 428 g/mol. The summed E-state index contributed by atoms with van der Waals surface area (Å²) in [6, 6.07) is 0. The van der Waals surface area contributed by atoms with Crippen LogP contribution >= 0.6 is 0 Å². The molecule has 1 spiro atoms. The van der Waals surface area contributed by atoms with E-state index in [-0.39, 0.29) is 24.4 Å². The maximum atomic E-state index is 13.2. The maximum Gasteiger partial charge on any atom is 0.350 e. The molecule has 0 aromatic carbocycles. The molecule has 4 aliphatic rings. The first-order chi connectivity index (χ1) is 13.8. The third-order valence-corrected chi connectivity index (χ3v) is 6.53. The molecule has 1 N–H and O–H groups in total. The second-order valence-electron chi connectivity index (χ2n) is 10.6. The van der Waals surface area contributed by atoms with Crippen molar-refractivity contribution in [3.05, 3.63) is 0 Å². The van der Waals surface area contributed by atoms with Gasteiger partial charge in [0, 0.05) is 0 Å². The van der Waals surface area contributed by atoms with Crippen LogP contribution in [0, 0.1) is 16.7 Å². The Morgan fingerprint density at radius 1 is 1.20 bits per heavy atom. The zero-order valence-electron chi connectivity index (χ0n) is 18.4. The molecule has 9 nitrogen and oxygen atoms in total. The Labute approximate surface area is 176 Å². The molecule has 4 heterocycles. The number of carbonyl (C=O) groups excluding carboxylic acids is 2. The molecule has 0 radical (unpaired) electrons. The van der Waals surface area contributed by atoms with Crippen LogP contribution in [-0.2, 0) is 38.0 Å². The van der Waals surface area contributed by atoms with Gasteiger partial charge in [0.1, 0.15) is 12.7 Å². The molecular weight excluding hydrogens is 396 g/mol. The lowest BCUT2D eigenvalue weighted by Gasteiger charge is -2.37. The third-order valence-electron chi connectivity index (χ3n) is 6.53. The predicted octanol–water partition coefficient (Wildman–Crippen LogP) is 1.50. The summed E-state index contributed by atoms with van der Waals surface area (Å²) in [5.74, 6) is -2.18. The van der Waals surface area contributed by atoms with Gasteiger partial charge in [-0.3, -0.25) is 4.79 Å². The minimum Gasteiger partial charge on any atom is -0.454 e. The number of fused-ring (bicyclic) bond motifs is 3. The second-order valence-corrected chi connectivity index (χ2v) is 10.6. The normalized spacial score (nSPS) is 42.3. The van der Waals surface area contributed by atoms with E-state index in [2.05, 4.69) is 20.8 Å². The fourth-order valence-corrected chi connectivity index (χ4v) is 4.82. The van der Waals surface area contributed by atoms with Crippen LogP contribution in [0.3, 0.4) is 0 Å². The van der Waals surface area contributed by atoms with Crippen molar-refractivity contribution in [2.24, 2.45) is 16.7 Å². The summed E-state index contributed by atoms with van der Waals surface area (Å²) in [7, 11) is 0. The lowest BCUT2D eigenvalue weighted by Crippen LogP contribution is -2.44. The fourth-order valence-electron chi connectivity index (χ4n) is 4.82. The van der Waals surface area contributed by atoms with Crippen LogP contribution in [0.5, 0.6) is 0 Å². The molecule has 8 unspecified atom stereocenters. The van der Waals surface area contributed by atoms with E-state index in [1.807, 2.05) is 20.8 Å². The lowest BCUT2D eigenvalue weighted by molar-refractivity contribution is -0.232. The molecule has 0 saturated carbocycles. The highest BCUT2D eigenvalue weighted by atomic mass is 16.9. The van der Waals surface area contributed by atoms with Gasteiger partial charge < -0.3 is 33.5 Å². The lowest BCUT2D eigenvalue weighted by atomic mass is 9.69. The highest BCUT2D eigenvalue weighted by Gasteiger charge is 2.67. The molecule has 8 atom stereocenters. The zero-order chi connectivity index (χ0) is 22.1. The first-order valence-electron chi connectivity index (χ1n) is 10.6. The number of aliphatic hydroxyl groups excluding tert-OH is 1. The highest BCUT2D eigenvalue weighted by Crippen LogP contribution is 2.47. The molecule has 0 aliphatic carbocycles. The van der Waals surface area contributed by atoms with Gasteiger partial charge in [-0.15, -0.1) is 0 Å². The minimum atomic E-state index is -1.17. The predicted molar refractivity (Wildman–Crippen MR) is 101 cm³/mol. The fraction of sp³-hybridized carbons (Fsp3) is 0.905. The van der Waals surface area contributed by atoms with Gasteiger partial charge in [0.2, 0.25) is 11.9 Å². The van der Waals surface area contributed by atoms with E-state index in [0.717, 1.165) is 0 Å². The quantitative estimate of drug-likeness (QED) is 0.666. The van der Waals surface area contributed by atoms with Crippen molar-refractivity contribution in [3.63, 3.8) is 0 Å². The Morgan fingerprint density at radius 3 is 2.47 bits per heavy atom. The first-order valence-corrected chi connectivity index (χ1v) is 10.6. The van der Waals surface area contributed by atoms with Gasteiger partial charge in [-0.05, 0) is 24.7 Å². The average molecular weight is 428 g/mol. The number of hydrogen-bond acceptors (Lipinski definition) is 9. The molecule has 0 aromatic rings. The second kappa shape index (κ2) is 7.13. The number of ether oxygens (including phenoxy) is 6. The number of hydrogen-bond donors (Lipinski definition) is 1. The molecule has 30 heavy (non-hydrogen) atoms. The van der Waals surface area contributed by atoms with Crippen LogP contribution in [0.15, 0.2) is 0 Å². The Morgan fingerprint density at radius 2 is 1.90 bits per heavy atom. The Balaban J connectivity index is 1.46. The summed E-state index contributed by atoms with van der Waals surface area (Å²) in [6.07, 6.45) is -4.38. The molecule has 9 heteroatoms. The Bertz CT molecular complexity index is 716. The third kappa shape index (κ3) is 3.64. The van der Waals surface area contributed by atoms with Crippen LogP contribution in [0.1, 0.15) is 54.4 Å². The van der Waals surface area contributed by atoms with E-state index in [1.165, 1.54) is 0 Å². The molecule has 4 fully saturated rings. The zero-order valence-corrected chi connectivity index (χ0v) is 18.4. The topological polar surface area (TPSA) is 110 Å². The smallest absolute Gasteiger partial charge is 0.350 e. The largest absolute Gasteiger partial charge is 0.454 e. The van der Waals surface area contributed by atoms with Crippen LogP contribution in [0.25, 0.3) is 0 Å². The molecule has 0 bridgehead atoms. The molecule has 0 amide bonds. The van der Waals surface area contributed by atoms with E-state index < -0.39 is 60.1 Å². The van der Waals surface area contributed by atoms with Gasteiger partial charge >= 0.3 is 11.9 Å². The minimum absolute atomic E-state index is 0.0154. The van der Waals surface area contributed by atoms with Crippen molar-refractivity contribution in [3.8, 4) is 0 Å². The van der Waals surface area contributed by atoms with Crippen molar-refractivity contribution in [1.29, 1.82) is 0 Å². The molecule has 0 aromatic heterocycles. The van der Waals surface area contributed by atoms with Gasteiger partial charge in [0.15, 0.2) is 24.8 Å². The SMILES string of the molecule is CC(C)C(C)(CC(C)(C)C)C(=O)OC1C(=O)OC2C3OC4(COC(O)C4)OC3OC12. The van der Waals surface area contributed by atoms with Gasteiger partial charge in [-0.1, -0.05) is 34.6 Å². The first kappa shape index (κ1) is 22.0. The van der Waals surface area contributed by atoms with Gasteiger partial charge in [-0.2, -0.15) is 0 Å². The van der Waals surface area contributed by atoms with E-state index in [4.69, 9.17) is 28.4 Å². The summed E-state index contributed by atoms with van der Waals surface area (Å²) in [6.45, 7) is 12.1. The molecule has 4 saturated heterocycles. The van der Waals surface area contributed by atoms with Crippen molar-refractivity contribution >= 4 is 11.9 Å². The van der Waals surface area contributed by atoms with Crippen LogP contribution in [0.4, 0.5) is 0 Å². The molecule has 4 rings (SSSR count). The van der Waals surface area contributed by atoms with Crippen molar-refractivity contribution in [2.75, 3.05) is 6.61 Å². The number of esters is 2. The summed E-state index contributed by atoms with van der Waals surface area (Å²) < 4.78 is 34.0. The molecule has 4 aliphatic heterocycles. The van der Waals surface area contributed by atoms with Gasteiger partial charge in [-0.25, -0.2) is 4.79 Å². The summed E-state index contributed by atoms with van der Waals surface area (Å²) in [5, 5.41) is 9.62. The Kier molecular flexibility index (Phi) is 5.22. The van der Waals surface area contributed by atoms with Crippen LogP contribution in [0.2, 0.25) is 0 Å². The molecular formula is C21H32O9. The van der Waals surface area contributed by atoms with Crippen molar-refractivity contribution < 1.29 is 43.1 Å². The standard InChI is InChI=1S/C21H32O9/c1-10(2)20(6,8-19(3,4)5)18(24)28-14-12-13(26-16(14)23)15-17(27-12)30-21(29-15)7-11(22)25-9-21/h10-15,17,22H,7-9H2,1-6H3. The number of carbonyl (C=O) groups is 2. The summed E-state index contributed by atoms with van der Waals surface area (Å²) in [5.41, 5.74) is -0.860. The average Bonchev–Trinajstić information content (AvgIpc) is 3.30.